The van der Waals surface area contributed by atoms with Crippen molar-refractivity contribution in [3.05, 3.63) is 119 Å². The van der Waals surface area contributed by atoms with Crippen molar-refractivity contribution in [1.29, 1.82) is 0 Å². The molecular weight excluding hydrogens is 430 g/mol. The Bertz CT molecular complexity index is 1100. The van der Waals surface area contributed by atoms with E-state index < -0.39 is 8.07 Å². The van der Waals surface area contributed by atoms with Gasteiger partial charge in [0.2, 0.25) is 0 Å². The maximum Gasteiger partial charge on any atom is 0.163 e. The molecule has 0 heterocycles. The number of benzene rings is 3. The van der Waals surface area contributed by atoms with Gasteiger partial charge in [-0.3, -0.25) is 0 Å². The van der Waals surface area contributed by atoms with Crippen LogP contribution in [0.2, 0.25) is 0 Å². The van der Waals surface area contributed by atoms with Crippen molar-refractivity contribution < 1.29 is 0 Å². The lowest BCUT2D eigenvalue weighted by Gasteiger charge is -2.42. The lowest BCUT2D eigenvalue weighted by molar-refractivity contribution is 0.509. The first kappa shape index (κ1) is 24.4. The Balaban J connectivity index is 2.15. The van der Waals surface area contributed by atoms with Gasteiger partial charge in [-0.05, 0) is 37.7 Å². The third kappa shape index (κ3) is 4.35. The Hall–Kier alpha value is -2.76. The van der Waals surface area contributed by atoms with Crippen molar-refractivity contribution in [1.82, 2.24) is 0 Å². The molecule has 0 amide bonds. The van der Waals surface area contributed by atoms with Crippen LogP contribution < -0.4 is 32.8 Å². The van der Waals surface area contributed by atoms with Crippen LogP contribution in [-0.2, 0) is 19.6 Å². The highest BCUT2D eigenvalue weighted by molar-refractivity contribution is 7.16. The molecule has 0 unspecified atom stereocenters. The van der Waals surface area contributed by atoms with Crippen molar-refractivity contribution in [3.63, 3.8) is 0 Å². The fourth-order valence-corrected chi connectivity index (χ4v) is 10.5. The third-order valence-electron chi connectivity index (χ3n) is 6.82. The summed E-state index contributed by atoms with van der Waals surface area (Å²) in [5.41, 5.74) is 24.6. The summed E-state index contributed by atoms with van der Waals surface area (Å²) in [6, 6.07) is 26.6. The highest BCUT2D eigenvalue weighted by Gasteiger charge is 2.50. The molecule has 0 fully saturated rings. The molecule has 0 atom stereocenters. The van der Waals surface area contributed by atoms with Gasteiger partial charge in [0.05, 0.1) is 0 Å². The van der Waals surface area contributed by atoms with Crippen LogP contribution in [-0.4, -0.2) is 8.07 Å². The van der Waals surface area contributed by atoms with E-state index in [1.54, 1.807) is 0 Å². The lowest BCUT2D eigenvalue weighted by Crippen LogP contribution is -2.71. The minimum absolute atomic E-state index is 0.000479. The first-order valence-corrected chi connectivity index (χ1v) is 14.0. The fraction of sp³-hybridized carbons (Fsp3) is 0.233. The summed E-state index contributed by atoms with van der Waals surface area (Å²) in [6.45, 7) is 8.43. The monoisotopic (exact) mass is 466 g/mol. The van der Waals surface area contributed by atoms with E-state index in [0.29, 0.717) is 19.6 Å². The topological polar surface area (TPSA) is 78.1 Å². The normalized spacial score (nSPS) is 14.5. The average Bonchev–Trinajstić information content (AvgIpc) is 3.36. The van der Waals surface area contributed by atoms with Crippen LogP contribution in [0, 0.1) is 11.0 Å². The molecule has 3 aromatic rings. The number of hydrogen-bond donors (Lipinski definition) is 3. The van der Waals surface area contributed by atoms with E-state index in [-0.39, 0.29) is 5.41 Å². The van der Waals surface area contributed by atoms with Gasteiger partial charge in [0, 0.05) is 25.2 Å². The summed E-state index contributed by atoms with van der Waals surface area (Å²) in [7, 11) is -2.71. The Morgan fingerprint density at radius 1 is 0.647 bits per heavy atom. The maximum atomic E-state index is 6.13. The van der Waals surface area contributed by atoms with Gasteiger partial charge in [-0.25, -0.2) is 0 Å². The molecule has 1 aliphatic carbocycles. The Kier molecular flexibility index (Phi) is 7.06. The number of hydrogen-bond acceptors (Lipinski definition) is 3. The second-order valence-electron chi connectivity index (χ2n) is 10.1. The molecule has 6 N–H and O–H groups in total. The van der Waals surface area contributed by atoms with Gasteiger partial charge < -0.3 is 17.2 Å². The van der Waals surface area contributed by atoms with E-state index in [4.69, 9.17) is 17.2 Å². The molecule has 0 bridgehead atoms. The van der Waals surface area contributed by atoms with Crippen LogP contribution in [0.15, 0.2) is 96.6 Å². The quantitative estimate of drug-likeness (QED) is 0.370. The molecule has 175 valence electrons. The molecule has 3 nitrogen and oxygen atoms in total. The van der Waals surface area contributed by atoms with Gasteiger partial charge in [-0.2, -0.15) is 0 Å². The summed E-state index contributed by atoms with van der Waals surface area (Å²) < 4.78 is 0. The number of rotatable bonds is 7. The van der Waals surface area contributed by atoms with Crippen LogP contribution in [0.3, 0.4) is 0 Å². The summed E-state index contributed by atoms with van der Waals surface area (Å²) in [6.07, 6.45) is 6.85. The summed E-state index contributed by atoms with van der Waals surface area (Å²) in [5.74, 6) is 0. The van der Waals surface area contributed by atoms with Gasteiger partial charge in [-0.1, -0.05) is 117 Å². The number of nitrogens with two attached hydrogens (primary N) is 3. The van der Waals surface area contributed by atoms with Crippen LogP contribution in [0.1, 0.15) is 37.5 Å². The van der Waals surface area contributed by atoms with E-state index in [2.05, 4.69) is 112 Å². The SMILES string of the molecule is CC(C)(C)C1=CC=C[C]1[Si](c1cccc(CN)c1)(c1cccc(CN)c1)c1cccc(CN)c1. The third-order valence-corrected chi connectivity index (χ3v) is 11.6. The predicted octanol–water partition coefficient (Wildman–Crippen LogP) is 3.19. The van der Waals surface area contributed by atoms with Gasteiger partial charge in [0.1, 0.15) is 0 Å². The minimum atomic E-state index is -2.71. The average molecular weight is 467 g/mol. The van der Waals surface area contributed by atoms with Crippen molar-refractivity contribution in [2.45, 2.75) is 40.4 Å². The maximum absolute atomic E-state index is 6.13. The van der Waals surface area contributed by atoms with Gasteiger partial charge in [0.25, 0.3) is 0 Å². The Morgan fingerprint density at radius 2 is 1.06 bits per heavy atom. The Morgan fingerprint density at radius 3 is 1.41 bits per heavy atom. The molecule has 34 heavy (non-hydrogen) atoms. The standard InChI is InChI=1S/C30H36N3Si/c1-30(2,3)28-14-7-15-29(28)34(25-11-4-8-22(16-25)19-31,26-12-5-9-23(17-26)20-32)27-13-6-10-24(18-27)21-33/h4-18H,19-21,31-33H2,1-3H3. The van der Waals surface area contributed by atoms with Gasteiger partial charge in [0.15, 0.2) is 8.07 Å². The zero-order valence-corrected chi connectivity index (χ0v) is 21.5. The first-order valence-electron chi connectivity index (χ1n) is 12.0. The molecule has 1 radical (unpaired) electrons. The lowest BCUT2D eigenvalue weighted by atomic mass is 9.85. The number of allylic oxidation sites excluding steroid dienone is 4. The van der Waals surface area contributed by atoms with E-state index in [1.807, 2.05) is 0 Å². The van der Waals surface area contributed by atoms with Crippen LogP contribution >= 0.6 is 0 Å². The van der Waals surface area contributed by atoms with Crippen molar-refractivity contribution in [2.24, 2.45) is 22.6 Å². The highest BCUT2D eigenvalue weighted by atomic mass is 28.3. The molecule has 0 saturated heterocycles. The second kappa shape index (κ2) is 9.85. The molecule has 4 rings (SSSR count). The molecule has 0 aromatic heterocycles. The minimum Gasteiger partial charge on any atom is -0.326 e. The molecule has 3 aromatic carbocycles. The van der Waals surface area contributed by atoms with E-state index in [9.17, 15) is 0 Å². The van der Waals surface area contributed by atoms with E-state index in [0.717, 1.165) is 16.7 Å². The molecular formula is C30H36N3Si. The van der Waals surface area contributed by atoms with E-state index in [1.165, 1.54) is 26.7 Å². The van der Waals surface area contributed by atoms with Crippen LogP contribution in [0.4, 0.5) is 0 Å². The summed E-state index contributed by atoms with van der Waals surface area (Å²) >= 11 is 0. The Labute approximate surface area is 205 Å². The zero-order chi connectivity index (χ0) is 24.3. The van der Waals surface area contributed by atoms with Crippen LogP contribution in [0.5, 0.6) is 0 Å². The molecule has 0 aliphatic heterocycles. The summed E-state index contributed by atoms with van der Waals surface area (Å²) in [5, 5.41) is 3.99. The van der Waals surface area contributed by atoms with Crippen molar-refractivity contribution >= 4 is 23.6 Å². The van der Waals surface area contributed by atoms with Crippen molar-refractivity contribution in [3.8, 4) is 0 Å². The molecule has 0 spiro atoms. The molecule has 0 saturated carbocycles. The highest BCUT2D eigenvalue weighted by Crippen LogP contribution is 2.41. The molecule has 4 heteroatoms. The van der Waals surface area contributed by atoms with Gasteiger partial charge in [-0.15, -0.1) is 0 Å². The smallest absolute Gasteiger partial charge is 0.163 e. The van der Waals surface area contributed by atoms with Gasteiger partial charge >= 0.3 is 0 Å². The second-order valence-corrected chi connectivity index (χ2v) is 13.8. The molecule has 1 aliphatic rings. The fourth-order valence-electron chi connectivity index (χ4n) is 5.16. The van der Waals surface area contributed by atoms with E-state index >= 15 is 0 Å². The summed E-state index contributed by atoms with van der Waals surface area (Å²) in [4.78, 5) is 0. The predicted molar refractivity (Wildman–Crippen MR) is 148 cm³/mol. The van der Waals surface area contributed by atoms with Crippen molar-refractivity contribution in [2.75, 3.05) is 0 Å². The largest absolute Gasteiger partial charge is 0.326 e. The first-order chi connectivity index (χ1) is 16.3. The van der Waals surface area contributed by atoms with Crippen LogP contribution in [0.25, 0.3) is 0 Å². The zero-order valence-electron chi connectivity index (χ0n) is 20.5.